The molecule has 1 aliphatic rings. The molecule has 0 bridgehead atoms. The minimum atomic E-state index is -3.54. The lowest BCUT2D eigenvalue weighted by Gasteiger charge is -2.26. The lowest BCUT2D eigenvalue weighted by Crippen LogP contribution is -2.48. The van der Waals surface area contributed by atoms with Crippen molar-refractivity contribution in [3.05, 3.63) is 28.7 Å². The first-order valence-electron chi connectivity index (χ1n) is 5.64. The molecule has 0 atom stereocenters. The second-order valence-electron chi connectivity index (χ2n) is 4.12. The first-order valence-corrected chi connectivity index (χ1v) is 7.08. The zero-order chi connectivity index (χ0) is 13.2. The summed E-state index contributed by atoms with van der Waals surface area (Å²) in [5, 5.41) is 3.09. The van der Waals surface area contributed by atoms with E-state index < -0.39 is 10.2 Å². The van der Waals surface area contributed by atoms with Gasteiger partial charge in [-0.2, -0.15) is 12.7 Å². The molecule has 0 spiro atoms. The smallest absolute Gasteiger partial charge is 0.301 e. The number of piperazine rings is 1. The molecule has 2 N–H and O–H groups in total. The Hall–Kier alpha value is -1.38. The van der Waals surface area contributed by atoms with Crippen molar-refractivity contribution >= 4 is 15.9 Å². The number of aromatic nitrogens is 1. The van der Waals surface area contributed by atoms with Gasteiger partial charge in [-0.25, -0.2) is 0 Å². The number of nitrogens with one attached hydrogen (secondary N) is 2. The van der Waals surface area contributed by atoms with Crippen molar-refractivity contribution in [3.63, 3.8) is 0 Å². The summed E-state index contributed by atoms with van der Waals surface area (Å²) in [5.41, 5.74) is 0.204. The molecule has 2 rings (SSSR count). The van der Waals surface area contributed by atoms with Gasteiger partial charge in [0.05, 0.1) is 5.69 Å². The average Bonchev–Trinajstić information content (AvgIpc) is 2.35. The fourth-order valence-corrected chi connectivity index (χ4v) is 2.96. The number of aryl methyl sites for hydroxylation is 1. The van der Waals surface area contributed by atoms with E-state index in [0.717, 1.165) is 0 Å². The highest BCUT2D eigenvalue weighted by Crippen LogP contribution is 2.09. The molecule has 0 unspecified atom stereocenters. The van der Waals surface area contributed by atoms with Gasteiger partial charge in [0.2, 0.25) is 5.56 Å². The third-order valence-corrected chi connectivity index (χ3v) is 4.29. The molecule has 0 amide bonds. The number of rotatable bonds is 3. The van der Waals surface area contributed by atoms with Gasteiger partial charge in [0.1, 0.15) is 0 Å². The summed E-state index contributed by atoms with van der Waals surface area (Å²) < 4.78 is 29.3. The molecule has 7 nitrogen and oxygen atoms in total. The molecule has 0 aromatic carbocycles. The fraction of sp³-hybridized carbons (Fsp3) is 0.500. The highest BCUT2D eigenvalue weighted by atomic mass is 32.2. The molecule has 8 heteroatoms. The van der Waals surface area contributed by atoms with Gasteiger partial charge in [-0.3, -0.25) is 9.52 Å². The molecule has 18 heavy (non-hydrogen) atoms. The minimum Gasteiger partial charge on any atom is -0.316 e. The number of anilines is 1. The maximum absolute atomic E-state index is 12.1. The quantitative estimate of drug-likeness (QED) is 0.735. The van der Waals surface area contributed by atoms with Gasteiger partial charge in [0.25, 0.3) is 0 Å². The molecule has 2 heterocycles. The summed E-state index contributed by atoms with van der Waals surface area (Å²) >= 11 is 0. The van der Waals surface area contributed by atoms with E-state index in [-0.39, 0.29) is 5.56 Å². The molecule has 1 fully saturated rings. The zero-order valence-electron chi connectivity index (χ0n) is 10.1. The first-order chi connectivity index (χ1) is 8.49. The van der Waals surface area contributed by atoms with Crippen LogP contribution < -0.4 is 15.6 Å². The summed E-state index contributed by atoms with van der Waals surface area (Å²) in [7, 11) is -1.96. The summed E-state index contributed by atoms with van der Waals surface area (Å²) in [4.78, 5) is 11.2. The maximum Gasteiger partial charge on any atom is 0.301 e. The first kappa shape index (κ1) is 13.1. The van der Waals surface area contributed by atoms with Crippen molar-refractivity contribution in [3.8, 4) is 0 Å². The van der Waals surface area contributed by atoms with E-state index in [0.29, 0.717) is 31.9 Å². The van der Waals surface area contributed by atoms with Gasteiger partial charge in [0.15, 0.2) is 0 Å². The monoisotopic (exact) mass is 272 g/mol. The van der Waals surface area contributed by atoms with Crippen molar-refractivity contribution in [2.75, 3.05) is 30.9 Å². The molecule has 1 aromatic rings. The van der Waals surface area contributed by atoms with E-state index >= 15 is 0 Å². The third-order valence-electron chi connectivity index (χ3n) is 2.75. The Bertz CT molecular complexity index is 575. The Morgan fingerprint density at radius 1 is 1.28 bits per heavy atom. The lowest BCUT2D eigenvalue weighted by molar-refractivity contribution is 0.362. The van der Waals surface area contributed by atoms with Crippen LogP contribution in [-0.4, -0.2) is 43.5 Å². The number of pyridine rings is 1. The summed E-state index contributed by atoms with van der Waals surface area (Å²) in [6.45, 7) is 2.19. The number of hydrogen-bond donors (Lipinski definition) is 2. The average molecular weight is 272 g/mol. The second-order valence-corrected chi connectivity index (χ2v) is 5.79. The van der Waals surface area contributed by atoms with Crippen molar-refractivity contribution < 1.29 is 8.42 Å². The van der Waals surface area contributed by atoms with E-state index in [1.165, 1.54) is 27.2 Å². The van der Waals surface area contributed by atoms with Crippen molar-refractivity contribution in [2.24, 2.45) is 7.05 Å². The van der Waals surface area contributed by atoms with Crippen LogP contribution in [0.25, 0.3) is 0 Å². The zero-order valence-corrected chi connectivity index (χ0v) is 10.9. The van der Waals surface area contributed by atoms with Gasteiger partial charge >= 0.3 is 10.2 Å². The molecule has 0 radical (unpaired) electrons. The Balaban J connectivity index is 2.16. The molecular formula is C10H16N4O3S. The lowest BCUT2D eigenvalue weighted by atomic mass is 10.4. The van der Waals surface area contributed by atoms with Gasteiger partial charge in [0, 0.05) is 45.5 Å². The van der Waals surface area contributed by atoms with Crippen LogP contribution in [-0.2, 0) is 17.3 Å². The van der Waals surface area contributed by atoms with Crippen LogP contribution in [0.3, 0.4) is 0 Å². The van der Waals surface area contributed by atoms with Crippen molar-refractivity contribution in [2.45, 2.75) is 0 Å². The highest BCUT2D eigenvalue weighted by molar-refractivity contribution is 7.90. The van der Waals surface area contributed by atoms with Crippen molar-refractivity contribution in [1.29, 1.82) is 0 Å². The van der Waals surface area contributed by atoms with Crippen LogP contribution in [0.15, 0.2) is 23.1 Å². The molecule has 0 aliphatic carbocycles. The largest absolute Gasteiger partial charge is 0.316 e. The molecule has 1 aromatic heterocycles. The van der Waals surface area contributed by atoms with E-state index in [1.54, 1.807) is 7.05 Å². The van der Waals surface area contributed by atoms with Crippen LogP contribution in [0.2, 0.25) is 0 Å². The van der Waals surface area contributed by atoms with Crippen LogP contribution in [0.4, 0.5) is 5.69 Å². The van der Waals surface area contributed by atoms with E-state index in [4.69, 9.17) is 0 Å². The fourth-order valence-electron chi connectivity index (χ4n) is 1.75. The Morgan fingerprint density at radius 2 is 1.94 bits per heavy atom. The summed E-state index contributed by atoms with van der Waals surface area (Å²) in [5.74, 6) is 0. The number of hydrogen-bond acceptors (Lipinski definition) is 4. The SMILES string of the molecule is Cn1cc(NS(=O)(=O)N2CCNCC2)ccc1=O. The van der Waals surface area contributed by atoms with E-state index in [9.17, 15) is 13.2 Å². The maximum atomic E-state index is 12.1. The van der Waals surface area contributed by atoms with Crippen LogP contribution >= 0.6 is 0 Å². The predicted molar refractivity (Wildman–Crippen MR) is 68.7 cm³/mol. The molecule has 1 saturated heterocycles. The van der Waals surface area contributed by atoms with Gasteiger partial charge in [-0.05, 0) is 6.07 Å². The van der Waals surface area contributed by atoms with Crippen LogP contribution in [0.1, 0.15) is 0 Å². The predicted octanol–water partition coefficient (Wildman–Crippen LogP) is -1.05. The Labute approximate surface area is 106 Å². The molecule has 1 aliphatic heterocycles. The van der Waals surface area contributed by atoms with Gasteiger partial charge in [-0.1, -0.05) is 0 Å². The number of nitrogens with zero attached hydrogens (tertiary/aromatic N) is 2. The standard InChI is InChI=1S/C10H16N4O3S/c1-13-8-9(2-3-10(13)15)12-18(16,17)14-6-4-11-5-7-14/h2-3,8,11-12H,4-7H2,1H3. The van der Waals surface area contributed by atoms with E-state index in [2.05, 4.69) is 10.0 Å². The topological polar surface area (TPSA) is 83.4 Å². The normalized spacial score (nSPS) is 17.6. The summed E-state index contributed by atoms with van der Waals surface area (Å²) in [6, 6.07) is 2.79. The van der Waals surface area contributed by atoms with E-state index in [1.807, 2.05) is 0 Å². The van der Waals surface area contributed by atoms with Gasteiger partial charge in [-0.15, -0.1) is 0 Å². The molecular weight excluding hydrogens is 256 g/mol. The van der Waals surface area contributed by atoms with Crippen LogP contribution in [0.5, 0.6) is 0 Å². The second kappa shape index (κ2) is 5.09. The Morgan fingerprint density at radius 3 is 2.56 bits per heavy atom. The third kappa shape index (κ3) is 2.89. The van der Waals surface area contributed by atoms with Gasteiger partial charge < -0.3 is 9.88 Å². The summed E-state index contributed by atoms with van der Waals surface area (Å²) in [6.07, 6.45) is 1.46. The molecule has 100 valence electrons. The molecule has 0 saturated carbocycles. The highest BCUT2D eigenvalue weighted by Gasteiger charge is 2.23. The minimum absolute atomic E-state index is 0.180. The van der Waals surface area contributed by atoms with Crippen molar-refractivity contribution in [1.82, 2.24) is 14.2 Å². The Kier molecular flexibility index (Phi) is 3.69. The van der Waals surface area contributed by atoms with Crippen LogP contribution in [0, 0.1) is 0 Å².